The molecule has 0 aliphatic heterocycles. The summed E-state index contributed by atoms with van der Waals surface area (Å²) < 4.78 is 0. The highest BCUT2D eigenvalue weighted by Crippen LogP contribution is 2.31. The lowest BCUT2D eigenvalue weighted by molar-refractivity contribution is -0.131. The molecule has 1 aliphatic rings. The van der Waals surface area contributed by atoms with Crippen molar-refractivity contribution in [2.45, 2.75) is 39.5 Å². The Kier molecular flexibility index (Phi) is 3.01. The van der Waals surface area contributed by atoms with E-state index in [-0.39, 0.29) is 23.4 Å². The Hall–Kier alpha value is -0.660. The van der Waals surface area contributed by atoms with Crippen molar-refractivity contribution in [2.75, 3.05) is 0 Å². The molecule has 2 atom stereocenters. The maximum absolute atomic E-state index is 11.2. The molecule has 0 aromatic rings. The monoisotopic (exact) mass is 168 g/mol. The van der Waals surface area contributed by atoms with Gasteiger partial charge in [0.2, 0.25) is 0 Å². The SMILES string of the molecule is CC(=O)[C@@H]1CCCC[C@H]1C(C)=O. The van der Waals surface area contributed by atoms with Gasteiger partial charge in [-0.05, 0) is 26.7 Å². The first-order chi connectivity index (χ1) is 5.63. The molecular weight excluding hydrogens is 152 g/mol. The third kappa shape index (κ3) is 1.93. The van der Waals surface area contributed by atoms with Gasteiger partial charge in [-0.3, -0.25) is 9.59 Å². The maximum Gasteiger partial charge on any atom is 0.133 e. The number of rotatable bonds is 2. The average molecular weight is 168 g/mol. The summed E-state index contributed by atoms with van der Waals surface area (Å²) in [5.41, 5.74) is 0. The van der Waals surface area contributed by atoms with Gasteiger partial charge in [0.05, 0.1) is 0 Å². The minimum Gasteiger partial charge on any atom is -0.300 e. The van der Waals surface area contributed by atoms with Gasteiger partial charge in [-0.25, -0.2) is 0 Å². The van der Waals surface area contributed by atoms with Crippen LogP contribution in [0.15, 0.2) is 0 Å². The van der Waals surface area contributed by atoms with Crippen molar-refractivity contribution in [2.24, 2.45) is 11.8 Å². The van der Waals surface area contributed by atoms with Gasteiger partial charge in [-0.1, -0.05) is 12.8 Å². The second-order valence-electron chi connectivity index (χ2n) is 3.72. The summed E-state index contributed by atoms with van der Waals surface area (Å²) in [6.07, 6.45) is 4.04. The molecule has 0 bridgehead atoms. The van der Waals surface area contributed by atoms with E-state index in [9.17, 15) is 9.59 Å². The van der Waals surface area contributed by atoms with Gasteiger partial charge in [0.15, 0.2) is 0 Å². The van der Waals surface area contributed by atoms with Crippen molar-refractivity contribution >= 4 is 11.6 Å². The molecule has 12 heavy (non-hydrogen) atoms. The summed E-state index contributed by atoms with van der Waals surface area (Å²) >= 11 is 0. The van der Waals surface area contributed by atoms with E-state index in [1.807, 2.05) is 0 Å². The summed E-state index contributed by atoms with van der Waals surface area (Å²) in [5, 5.41) is 0. The zero-order chi connectivity index (χ0) is 9.14. The van der Waals surface area contributed by atoms with Crippen molar-refractivity contribution in [1.82, 2.24) is 0 Å². The van der Waals surface area contributed by atoms with E-state index in [0.29, 0.717) is 0 Å². The molecule has 0 saturated heterocycles. The molecule has 0 N–H and O–H groups in total. The van der Waals surface area contributed by atoms with E-state index in [0.717, 1.165) is 25.7 Å². The number of carbonyl (C=O) groups excluding carboxylic acids is 2. The number of Topliss-reactive ketones (excluding diaryl/α,β-unsaturated/α-hetero) is 2. The Balaban J connectivity index is 2.67. The number of hydrogen-bond acceptors (Lipinski definition) is 2. The zero-order valence-corrected chi connectivity index (χ0v) is 7.80. The second-order valence-corrected chi connectivity index (χ2v) is 3.72. The van der Waals surface area contributed by atoms with Crippen LogP contribution in [-0.2, 0) is 9.59 Å². The van der Waals surface area contributed by atoms with Gasteiger partial charge >= 0.3 is 0 Å². The van der Waals surface area contributed by atoms with Crippen molar-refractivity contribution in [3.05, 3.63) is 0 Å². The fraction of sp³-hybridized carbons (Fsp3) is 0.800. The molecule has 0 aromatic heterocycles. The van der Waals surface area contributed by atoms with E-state index >= 15 is 0 Å². The maximum atomic E-state index is 11.2. The number of ketones is 2. The van der Waals surface area contributed by atoms with E-state index in [2.05, 4.69) is 0 Å². The van der Waals surface area contributed by atoms with Crippen LogP contribution < -0.4 is 0 Å². The lowest BCUT2D eigenvalue weighted by Gasteiger charge is -2.27. The fourth-order valence-electron chi connectivity index (χ4n) is 2.10. The quantitative estimate of drug-likeness (QED) is 0.631. The van der Waals surface area contributed by atoms with Crippen LogP contribution in [0, 0.1) is 11.8 Å². The molecule has 1 fully saturated rings. The molecule has 0 radical (unpaired) electrons. The van der Waals surface area contributed by atoms with E-state index in [1.165, 1.54) is 0 Å². The summed E-state index contributed by atoms with van der Waals surface area (Å²) in [6, 6.07) is 0. The van der Waals surface area contributed by atoms with Gasteiger partial charge in [0.25, 0.3) is 0 Å². The third-order valence-electron chi connectivity index (χ3n) is 2.81. The Bertz CT molecular complexity index is 174. The summed E-state index contributed by atoms with van der Waals surface area (Å²) in [7, 11) is 0. The van der Waals surface area contributed by atoms with Gasteiger partial charge < -0.3 is 0 Å². The first kappa shape index (κ1) is 9.43. The van der Waals surface area contributed by atoms with Crippen LogP contribution in [0.1, 0.15) is 39.5 Å². The normalized spacial score (nSPS) is 29.8. The highest BCUT2D eigenvalue weighted by Gasteiger charge is 2.31. The standard InChI is InChI=1S/C10H16O2/c1-7(11)9-5-3-4-6-10(9)8(2)12/h9-10H,3-6H2,1-2H3/t9-,10-/m0/s1. The third-order valence-corrected chi connectivity index (χ3v) is 2.81. The minimum atomic E-state index is 0.0243. The Morgan fingerprint density at radius 2 is 1.25 bits per heavy atom. The molecule has 68 valence electrons. The average Bonchev–Trinajstić information content (AvgIpc) is 2.04. The molecule has 1 saturated carbocycles. The summed E-state index contributed by atoms with van der Waals surface area (Å²) in [4.78, 5) is 22.3. The molecule has 0 spiro atoms. The van der Waals surface area contributed by atoms with Crippen molar-refractivity contribution in [1.29, 1.82) is 0 Å². The van der Waals surface area contributed by atoms with Gasteiger partial charge in [-0.15, -0.1) is 0 Å². The highest BCUT2D eigenvalue weighted by atomic mass is 16.1. The predicted octanol–water partition coefficient (Wildman–Crippen LogP) is 1.97. The lowest BCUT2D eigenvalue weighted by atomic mass is 9.75. The van der Waals surface area contributed by atoms with Crippen LogP contribution in [-0.4, -0.2) is 11.6 Å². The van der Waals surface area contributed by atoms with Crippen LogP contribution in [0.4, 0.5) is 0 Å². The Labute approximate surface area is 73.3 Å². The number of carbonyl (C=O) groups is 2. The second kappa shape index (κ2) is 3.83. The predicted molar refractivity (Wildman–Crippen MR) is 46.8 cm³/mol. The van der Waals surface area contributed by atoms with Crippen LogP contribution in [0.5, 0.6) is 0 Å². The van der Waals surface area contributed by atoms with E-state index in [4.69, 9.17) is 0 Å². The summed E-state index contributed by atoms with van der Waals surface area (Å²) in [5.74, 6) is 0.428. The first-order valence-corrected chi connectivity index (χ1v) is 4.64. The molecule has 0 heterocycles. The molecule has 0 aromatic carbocycles. The van der Waals surface area contributed by atoms with Crippen molar-refractivity contribution in [3.63, 3.8) is 0 Å². The smallest absolute Gasteiger partial charge is 0.133 e. The minimum absolute atomic E-state index is 0.0243. The van der Waals surface area contributed by atoms with Crippen LogP contribution in [0.2, 0.25) is 0 Å². The summed E-state index contributed by atoms with van der Waals surface area (Å²) in [6.45, 7) is 3.21. The van der Waals surface area contributed by atoms with Crippen LogP contribution >= 0.6 is 0 Å². The molecule has 2 heteroatoms. The molecule has 0 amide bonds. The fourth-order valence-corrected chi connectivity index (χ4v) is 2.10. The largest absolute Gasteiger partial charge is 0.300 e. The molecular formula is C10H16O2. The Morgan fingerprint density at radius 3 is 1.50 bits per heavy atom. The topological polar surface area (TPSA) is 34.1 Å². The molecule has 1 aliphatic carbocycles. The van der Waals surface area contributed by atoms with E-state index in [1.54, 1.807) is 13.8 Å². The lowest BCUT2D eigenvalue weighted by Crippen LogP contribution is -2.30. The van der Waals surface area contributed by atoms with Crippen LogP contribution in [0.25, 0.3) is 0 Å². The van der Waals surface area contributed by atoms with Crippen molar-refractivity contribution in [3.8, 4) is 0 Å². The van der Waals surface area contributed by atoms with Crippen LogP contribution in [0.3, 0.4) is 0 Å². The van der Waals surface area contributed by atoms with Gasteiger partial charge in [0.1, 0.15) is 11.6 Å². The zero-order valence-electron chi connectivity index (χ0n) is 7.80. The first-order valence-electron chi connectivity index (χ1n) is 4.64. The van der Waals surface area contributed by atoms with Gasteiger partial charge in [-0.2, -0.15) is 0 Å². The molecule has 1 rings (SSSR count). The molecule has 2 nitrogen and oxygen atoms in total. The van der Waals surface area contributed by atoms with Gasteiger partial charge in [0, 0.05) is 11.8 Å². The molecule has 0 unspecified atom stereocenters. The highest BCUT2D eigenvalue weighted by molar-refractivity contribution is 5.87. The Morgan fingerprint density at radius 1 is 0.917 bits per heavy atom. The van der Waals surface area contributed by atoms with Crippen molar-refractivity contribution < 1.29 is 9.59 Å². The number of hydrogen-bond donors (Lipinski definition) is 0. The van der Waals surface area contributed by atoms with E-state index < -0.39 is 0 Å².